The maximum atomic E-state index is 6.05. The van der Waals surface area contributed by atoms with Crippen LogP contribution in [0.1, 0.15) is 49.5 Å². The van der Waals surface area contributed by atoms with Crippen LogP contribution in [0, 0.1) is 13.8 Å². The lowest BCUT2D eigenvalue weighted by Crippen LogP contribution is -2.14. The molecule has 0 atom stereocenters. The topological polar surface area (TPSA) is 43.8 Å². The Hall–Kier alpha value is -1.51. The largest absolute Gasteiger partial charge is 0.398 e. The van der Waals surface area contributed by atoms with Gasteiger partial charge in [0.2, 0.25) is 0 Å². The molecule has 1 aliphatic rings. The van der Waals surface area contributed by atoms with Crippen LogP contribution in [0.3, 0.4) is 0 Å². The van der Waals surface area contributed by atoms with Gasteiger partial charge in [0.25, 0.3) is 0 Å². The Morgan fingerprint density at radius 2 is 1.89 bits per heavy atom. The highest BCUT2D eigenvalue weighted by Gasteiger charge is 2.20. The molecule has 1 aliphatic carbocycles. The molecule has 1 heterocycles. The van der Waals surface area contributed by atoms with Crippen LogP contribution < -0.4 is 5.73 Å². The molecular weight excluding hydrogens is 222 g/mol. The van der Waals surface area contributed by atoms with Crippen molar-refractivity contribution < 1.29 is 0 Å². The summed E-state index contributed by atoms with van der Waals surface area (Å²) in [6.07, 6.45) is 6.61. The average molecular weight is 243 g/mol. The summed E-state index contributed by atoms with van der Waals surface area (Å²) in [4.78, 5) is 4.70. The number of anilines is 1. The van der Waals surface area contributed by atoms with E-state index in [1.54, 1.807) is 0 Å². The molecule has 2 aromatic rings. The maximum absolute atomic E-state index is 6.05. The van der Waals surface area contributed by atoms with E-state index in [2.05, 4.69) is 23.6 Å². The van der Waals surface area contributed by atoms with Crippen molar-refractivity contribution in [3.05, 3.63) is 23.5 Å². The Morgan fingerprint density at radius 1 is 1.17 bits per heavy atom. The number of fused-ring (bicyclic) bond motifs is 1. The van der Waals surface area contributed by atoms with E-state index in [0.717, 1.165) is 22.6 Å². The first kappa shape index (κ1) is 11.6. The monoisotopic (exact) mass is 243 g/mol. The Labute approximate surface area is 108 Å². The van der Waals surface area contributed by atoms with E-state index in [9.17, 15) is 0 Å². The lowest BCUT2D eigenvalue weighted by molar-refractivity contribution is 0.355. The van der Waals surface area contributed by atoms with Crippen molar-refractivity contribution in [2.75, 3.05) is 5.73 Å². The quantitative estimate of drug-likeness (QED) is 0.775. The summed E-state index contributed by atoms with van der Waals surface area (Å²) < 4.78 is 2.41. The zero-order chi connectivity index (χ0) is 12.7. The Bertz CT molecular complexity index is 577. The summed E-state index contributed by atoms with van der Waals surface area (Å²) in [6.45, 7) is 4.16. The van der Waals surface area contributed by atoms with E-state index in [0.29, 0.717) is 6.04 Å². The summed E-state index contributed by atoms with van der Waals surface area (Å²) in [7, 11) is 0. The Morgan fingerprint density at radius 3 is 2.61 bits per heavy atom. The van der Waals surface area contributed by atoms with Gasteiger partial charge in [-0.05, 0) is 44.4 Å². The van der Waals surface area contributed by atoms with Gasteiger partial charge in [0.05, 0.1) is 11.0 Å². The molecule has 0 radical (unpaired) electrons. The number of hydrogen-bond donors (Lipinski definition) is 1. The molecule has 0 amide bonds. The van der Waals surface area contributed by atoms with Crippen LogP contribution in [0.15, 0.2) is 12.1 Å². The van der Waals surface area contributed by atoms with Crippen LogP contribution in [0.25, 0.3) is 11.0 Å². The second-order valence-corrected chi connectivity index (χ2v) is 5.52. The van der Waals surface area contributed by atoms with Crippen LogP contribution in [0.5, 0.6) is 0 Å². The van der Waals surface area contributed by atoms with Crippen molar-refractivity contribution in [1.82, 2.24) is 9.55 Å². The lowest BCUT2D eigenvalue weighted by Gasteiger charge is -2.25. The number of hydrogen-bond acceptors (Lipinski definition) is 2. The minimum Gasteiger partial charge on any atom is -0.398 e. The van der Waals surface area contributed by atoms with Crippen LogP contribution >= 0.6 is 0 Å². The van der Waals surface area contributed by atoms with Gasteiger partial charge in [0, 0.05) is 11.7 Å². The van der Waals surface area contributed by atoms with Crippen molar-refractivity contribution in [2.45, 2.75) is 52.0 Å². The van der Waals surface area contributed by atoms with Crippen molar-refractivity contribution in [2.24, 2.45) is 0 Å². The summed E-state index contributed by atoms with van der Waals surface area (Å²) in [5.74, 6) is 1.13. The maximum Gasteiger partial charge on any atom is 0.106 e. The molecule has 0 aliphatic heterocycles. The highest BCUT2D eigenvalue weighted by atomic mass is 15.1. The molecule has 2 N–H and O–H groups in total. The minimum atomic E-state index is 0.617. The molecule has 3 nitrogen and oxygen atoms in total. The molecule has 0 saturated heterocycles. The summed E-state index contributed by atoms with van der Waals surface area (Å²) in [6, 6.07) is 4.82. The van der Waals surface area contributed by atoms with Crippen molar-refractivity contribution in [3.63, 3.8) is 0 Å². The third-order valence-corrected chi connectivity index (χ3v) is 4.19. The van der Waals surface area contributed by atoms with Gasteiger partial charge >= 0.3 is 0 Å². The number of nitrogens with zero attached hydrogens (tertiary/aromatic N) is 2. The normalized spacial score (nSPS) is 17.4. The average Bonchev–Trinajstić information content (AvgIpc) is 2.66. The van der Waals surface area contributed by atoms with Gasteiger partial charge in [-0.3, -0.25) is 0 Å². The fourth-order valence-corrected chi connectivity index (χ4v) is 3.18. The zero-order valence-corrected chi connectivity index (χ0v) is 11.2. The molecule has 3 rings (SSSR count). The van der Waals surface area contributed by atoms with Gasteiger partial charge in [-0.25, -0.2) is 4.98 Å². The predicted octanol–water partition coefficient (Wildman–Crippen LogP) is 3.74. The van der Waals surface area contributed by atoms with Crippen LogP contribution in [0.2, 0.25) is 0 Å². The Kier molecular flexibility index (Phi) is 2.77. The summed E-state index contributed by atoms with van der Waals surface area (Å²) >= 11 is 0. The van der Waals surface area contributed by atoms with Gasteiger partial charge in [0.1, 0.15) is 5.82 Å². The third-order valence-electron chi connectivity index (χ3n) is 4.19. The smallest absolute Gasteiger partial charge is 0.106 e. The second-order valence-electron chi connectivity index (χ2n) is 5.52. The number of imidazole rings is 1. The predicted molar refractivity (Wildman–Crippen MR) is 75.7 cm³/mol. The number of nitrogen functional groups attached to an aromatic ring is 1. The standard InChI is InChI=1S/C15H21N3/c1-10-8-14-15(9-13(10)16)18(11(2)17-14)12-6-4-3-5-7-12/h8-9,12H,3-7,16H2,1-2H3. The highest BCUT2D eigenvalue weighted by molar-refractivity contribution is 5.81. The van der Waals surface area contributed by atoms with Crippen LogP contribution in [-0.2, 0) is 0 Å². The fraction of sp³-hybridized carbons (Fsp3) is 0.533. The van der Waals surface area contributed by atoms with Gasteiger partial charge in [-0.15, -0.1) is 0 Å². The minimum absolute atomic E-state index is 0.617. The summed E-state index contributed by atoms with van der Waals surface area (Å²) in [5, 5.41) is 0. The van der Waals surface area contributed by atoms with E-state index in [1.165, 1.54) is 37.6 Å². The van der Waals surface area contributed by atoms with Crippen LogP contribution in [-0.4, -0.2) is 9.55 Å². The van der Waals surface area contributed by atoms with E-state index >= 15 is 0 Å². The molecule has 0 bridgehead atoms. The fourth-order valence-electron chi connectivity index (χ4n) is 3.18. The zero-order valence-electron chi connectivity index (χ0n) is 11.2. The van der Waals surface area contributed by atoms with Crippen molar-refractivity contribution in [1.29, 1.82) is 0 Å². The highest BCUT2D eigenvalue weighted by Crippen LogP contribution is 2.33. The van der Waals surface area contributed by atoms with E-state index in [1.807, 2.05) is 6.92 Å². The van der Waals surface area contributed by atoms with E-state index < -0.39 is 0 Å². The third kappa shape index (κ3) is 1.78. The van der Waals surface area contributed by atoms with E-state index in [-0.39, 0.29) is 0 Å². The first-order valence-electron chi connectivity index (χ1n) is 6.91. The molecule has 1 aromatic heterocycles. The molecule has 0 unspecified atom stereocenters. The summed E-state index contributed by atoms with van der Waals surface area (Å²) in [5.41, 5.74) is 10.3. The Balaban J connectivity index is 2.15. The molecule has 0 spiro atoms. The van der Waals surface area contributed by atoms with Gasteiger partial charge in [-0.1, -0.05) is 19.3 Å². The molecule has 1 fully saturated rings. The first-order chi connectivity index (χ1) is 8.66. The van der Waals surface area contributed by atoms with Crippen molar-refractivity contribution >= 4 is 16.7 Å². The molecule has 3 heteroatoms. The SMILES string of the molecule is Cc1cc2nc(C)n(C3CCCCC3)c2cc1N. The molecule has 1 aromatic carbocycles. The van der Waals surface area contributed by atoms with Crippen molar-refractivity contribution in [3.8, 4) is 0 Å². The molecule has 1 saturated carbocycles. The first-order valence-corrected chi connectivity index (χ1v) is 6.91. The molecular formula is C15H21N3. The van der Waals surface area contributed by atoms with Gasteiger partial charge in [-0.2, -0.15) is 0 Å². The second kappa shape index (κ2) is 4.30. The van der Waals surface area contributed by atoms with Crippen LogP contribution in [0.4, 0.5) is 5.69 Å². The number of nitrogens with two attached hydrogens (primary N) is 1. The molecule has 96 valence electrons. The number of aryl methyl sites for hydroxylation is 2. The van der Waals surface area contributed by atoms with E-state index in [4.69, 9.17) is 10.7 Å². The van der Waals surface area contributed by atoms with Gasteiger partial charge < -0.3 is 10.3 Å². The van der Waals surface area contributed by atoms with Gasteiger partial charge in [0.15, 0.2) is 0 Å². The number of aromatic nitrogens is 2. The lowest BCUT2D eigenvalue weighted by atomic mass is 9.95. The number of rotatable bonds is 1. The number of benzene rings is 1. The molecule has 18 heavy (non-hydrogen) atoms.